The van der Waals surface area contributed by atoms with Crippen LogP contribution in [0.3, 0.4) is 0 Å². The summed E-state index contributed by atoms with van der Waals surface area (Å²) in [6.07, 6.45) is 8.58. The molecule has 0 N–H and O–H groups in total. The Bertz CT molecular complexity index is 770. The van der Waals surface area contributed by atoms with Crippen molar-refractivity contribution in [3.8, 4) is 0 Å². The monoisotopic (exact) mass is 326 g/mol. The highest BCUT2D eigenvalue weighted by Gasteiger charge is 2.14. The first-order chi connectivity index (χ1) is 11.2. The third kappa shape index (κ3) is 4.02. The van der Waals surface area contributed by atoms with Crippen LogP contribution in [0.15, 0.2) is 64.9 Å². The van der Waals surface area contributed by atoms with Crippen LogP contribution < -0.4 is 0 Å². The summed E-state index contributed by atoms with van der Waals surface area (Å²) in [4.78, 5) is 15.6. The summed E-state index contributed by atoms with van der Waals surface area (Å²) < 4.78 is 7.05. The molecule has 0 fully saturated rings. The van der Waals surface area contributed by atoms with E-state index in [1.807, 2.05) is 52.4 Å². The fourth-order valence-corrected chi connectivity index (χ4v) is 3.02. The number of carbonyl (C=O) groups is 1. The first-order valence-corrected chi connectivity index (χ1v) is 8.22. The molecule has 3 rings (SSSR count). The quantitative estimate of drug-likeness (QED) is 0.644. The summed E-state index contributed by atoms with van der Waals surface area (Å²) in [6.45, 7) is 1.19. The van der Waals surface area contributed by atoms with E-state index in [0.717, 1.165) is 11.3 Å². The fourth-order valence-electron chi connectivity index (χ4n) is 2.30. The maximum atomic E-state index is 12.6. The molecular weight excluding hydrogens is 308 g/mol. The molecule has 0 aromatic carbocycles. The van der Waals surface area contributed by atoms with Crippen LogP contribution in [0.4, 0.5) is 0 Å². The topological polar surface area (TPSA) is 38.4 Å². The zero-order chi connectivity index (χ0) is 16.1. The SMILES string of the molecule is Cn1cccc1CN(Cc1cccs1)C(=O)C=Cc1ccoc1. The molecule has 1 amide bonds. The van der Waals surface area contributed by atoms with Gasteiger partial charge in [-0.1, -0.05) is 6.07 Å². The Labute approximate surface area is 139 Å². The number of aromatic nitrogens is 1. The first-order valence-electron chi connectivity index (χ1n) is 7.34. The Morgan fingerprint density at radius 1 is 1.30 bits per heavy atom. The molecule has 0 spiro atoms. The molecule has 3 aromatic rings. The Morgan fingerprint density at radius 3 is 2.87 bits per heavy atom. The van der Waals surface area contributed by atoms with Crippen LogP contribution in [-0.2, 0) is 24.9 Å². The molecule has 0 bridgehead atoms. The standard InChI is InChI=1S/C18H18N2O2S/c1-19-9-2-4-16(19)12-20(13-17-5-3-11-23-17)18(21)7-6-15-8-10-22-14-15/h2-11,14H,12-13H2,1H3. The number of aryl methyl sites for hydroxylation is 1. The molecule has 0 atom stereocenters. The number of furan rings is 1. The molecule has 5 heteroatoms. The Morgan fingerprint density at radius 2 is 2.22 bits per heavy atom. The molecule has 23 heavy (non-hydrogen) atoms. The summed E-state index contributed by atoms with van der Waals surface area (Å²) in [5, 5.41) is 2.03. The van der Waals surface area contributed by atoms with Crippen LogP contribution in [-0.4, -0.2) is 15.4 Å². The lowest BCUT2D eigenvalue weighted by Crippen LogP contribution is -2.29. The van der Waals surface area contributed by atoms with Gasteiger partial charge < -0.3 is 13.9 Å². The van der Waals surface area contributed by atoms with Crippen LogP contribution in [0, 0.1) is 0 Å². The molecule has 3 aromatic heterocycles. The minimum Gasteiger partial charge on any atom is -0.472 e. The molecule has 118 valence electrons. The largest absolute Gasteiger partial charge is 0.472 e. The maximum Gasteiger partial charge on any atom is 0.247 e. The van der Waals surface area contributed by atoms with Crippen molar-refractivity contribution >= 4 is 23.3 Å². The normalized spacial score (nSPS) is 11.2. The highest BCUT2D eigenvalue weighted by molar-refractivity contribution is 7.09. The van der Waals surface area contributed by atoms with E-state index >= 15 is 0 Å². The van der Waals surface area contributed by atoms with Crippen LogP contribution in [0.1, 0.15) is 16.1 Å². The van der Waals surface area contributed by atoms with Gasteiger partial charge in [0.2, 0.25) is 5.91 Å². The molecule has 3 heterocycles. The number of rotatable bonds is 6. The predicted molar refractivity (Wildman–Crippen MR) is 91.7 cm³/mol. The van der Waals surface area contributed by atoms with E-state index in [1.165, 1.54) is 4.88 Å². The van der Waals surface area contributed by atoms with Crippen molar-refractivity contribution in [1.29, 1.82) is 0 Å². The molecule has 4 nitrogen and oxygen atoms in total. The van der Waals surface area contributed by atoms with E-state index in [2.05, 4.69) is 6.07 Å². The van der Waals surface area contributed by atoms with Crippen LogP contribution in [0.25, 0.3) is 6.08 Å². The first kappa shape index (κ1) is 15.4. The molecule has 0 saturated heterocycles. The van der Waals surface area contributed by atoms with Crippen molar-refractivity contribution in [1.82, 2.24) is 9.47 Å². The molecule has 0 aliphatic rings. The van der Waals surface area contributed by atoms with Crippen molar-refractivity contribution < 1.29 is 9.21 Å². The van der Waals surface area contributed by atoms with Gasteiger partial charge >= 0.3 is 0 Å². The van der Waals surface area contributed by atoms with Gasteiger partial charge in [-0.05, 0) is 35.7 Å². The third-order valence-corrected chi connectivity index (χ3v) is 4.47. The van der Waals surface area contributed by atoms with Gasteiger partial charge in [-0.25, -0.2) is 0 Å². The van der Waals surface area contributed by atoms with Crippen molar-refractivity contribution in [3.05, 3.63) is 76.6 Å². The average Bonchev–Trinajstić information content (AvgIpc) is 3.28. The second-order valence-corrected chi connectivity index (χ2v) is 6.31. The molecule has 0 aliphatic carbocycles. The number of carbonyl (C=O) groups excluding carboxylic acids is 1. The summed E-state index contributed by atoms with van der Waals surface area (Å²) in [5.74, 6) is -0.0131. The minimum absolute atomic E-state index is 0.0131. The van der Waals surface area contributed by atoms with E-state index in [1.54, 1.807) is 36.0 Å². The zero-order valence-corrected chi connectivity index (χ0v) is 13.7. The number of hydrogen-bond donors (Lipinski definition) is 0. The average molecular weight is 326 g/mol. The summed E-state index contributed by atoms with van der Waals surface area (Å²) in [7, 11) is 1.99. The van der Waals surface area contributed by atoms with E-state index < -0.39 is 0 Å². The van der Waals surface area contributed by atoms with Crippen LogP contribution in [0.2, 0.25) is 0 Å². The van der Waals surface area contributed by atoms with E-state index in [9.17, 15) is 4.79 Å². The highest BCUT2D eigenvalue weighted by atomic mass is 32.1. The van der Waals surface area contributed by atoms with Gasteiger partial charge in [-0.3, -0.25) is 4.79 Å². The second-order valence-electron chi connectivity index (χ2n) is 5.27. The predicted octanol–water partition coefficient (Wildman–Crippen LogP) is 3.92. The fraction of sp³-hybridized carbons (Fsp3) is 0.167. The van der Waals surface area contributed by atoms with Crippen molar-refractivity contribution in [3.63, 3.8) is 0 Å². The second kappa shape index (κ2) is 7.15. The Balaban J connectivity index is 1.76. The lowest BCUT2D eigenvalue weighted by atomic mass is 10.2. The number of hydrogen-bond acceptors (Lipinski definition) is 3. The van der Waals surface area contributed by atoms with E-state index in [4.69, 9.17) is 4.42 Å². The zero-order valence-electron chi connectivity index (χ0n) is 12.9. The number of amides is 1. The lowest BCUT2D eigenvalue weighted by molar-refractivity contribution is -0.127. The van der Waals surface area contributed by atoms with Gasteiger partial charge in [-0.15, -0.1) is 11.3 Å². The van der Waals surface area contributed by atoms with Gasteiger partial charge in [0.1, 0.15) is 0 Å². The highest BCUT2D eigenvalue weighted by Crippen LogP contribution is 2.15. The van der Waals surface area contributed by atoms with Gasteiger partial charge in [0, 0.05) is 35.5 Å². The molecular formula is C18H18N2O2S. The van der Waals surface area contributed by atoms with Gasteiger partial charge in [0.15, 0.2) is 0 Å². The minimum atomic E-state index is -0.0131. The Kier molecular flexibility index (Phi) is 4.78. The number of nitrogens with zero attached hydrogens (tertiary/aromatic N) is 2. The van der Waals surface area contributed by atoms with Gasteiger partial charge in [0.25, 0.3) is 0 Å². The molecule has 0 unspecified atom stereocenters. The molecule has 0 radical (unpaired) electrons. The maximum absolute atomic E-state index is 12.6. The molecule has 0 aliphatic heterocycles. The van der Waals surface area contributed by atoms with Crippen LogP contribution in [0.5, 0.6) is 0 Å². The van der Waals surface area contributed by atoms with E-state index in [0.29, 0.717) is 13.1 Å². The number of thiophene rings is 1. The van der Waals surface area contributed by atoms with Gasteiger partial charge in [0.05, 0.1) is 25.6 Å². The summed E-state index contributed by atoms with van der Waals surface area (Å²) in [5.41, 5.74) is 1.99. The van der Waals surface area contributed by atoms with Gasteiger partial charge in [-0.2, -0.15) is 0 Å². The molecule has 0 saturated carbocycles. The third-order valence-electron chi connectivity index (χ3n) is 3.60. The van der Waals surface area contributed by atoms with E-state index in [-0.39, 0.29) is 5.91 Å². The summed E-state index contributed by atoms with van der Waals surface area (Å²) in [6, 6.07) is 9.91. The Hall–Kier alpha value is -2.53. The van der Waals surface area contributed by atoms with Crippen LogP contribution >= 0.6 is 11.3 Å². The summed E-state index contributed by atoms with van der Waals surface area (Å²) >= 11 is 1.66. The van der Waals surface area contributed by atoms with Crippen molar-refractivity contribution in [2.24, 2.45) is 7.05 Å². The smallest absolute Gasteiger partial charge is 0.247 e. The van der Waals surface area contributed by atoms with Crippen molar-refractivity contribution in [2.75, 3.05) is 0 Å². The lowest BCUT2D eigenvalue weighted by Gasteiger charge is -2.21. The van der Waals surface area contributed by atoms with Crippen molar-refractivity contribution in [2.45, 2.75) is 13.1 Å².